The summed E-state index contributed by atoms with van der Waals surface area (Å²) < 4.78 is 15.8. The van der Waals surface area contributed by atoms with Crippen LogP contribution >= 0.6 is 0 Å². The van der Waals surface area contributed by atoms with Crippen LogP contribution < -0.4 is 14.8 Å². The fourth-order valence-electron chi connectivity index (χ4n) is 3.27. The van der Waals surface area contributed by atoms with Gasteiger partial charge in [-0.25, -0.2) is 0 Å². The van der Waals surface area contributed by atoms with Gasteiger partial charge in [0.2, 0.25) is 5.91 Å². The second-order valence-electron chi connectivity index (χ2n) is 6.95. The number of amides is 1. The van der Waals surface area contributed by atoms with Gasteiger partial charge in [0.1, 0.15) is 0 Å². The van der Waals surface area contributed by atoms with Crippen LogP contribution in [0.2, 0.25) is 0 Å². The molecule has 8 nitrogen and oxygen atoms in total. The van der Waals surface area contributed by atoms with Crippen LogP contribution in [0, 0.1) is 6.92 Å². The van der Waals surface area contributed by atoms with Crippen LogP contribution in [0.4, 0.5) is 0 Å². The van der Waals surface area contributed by atoms with E-state index in [-0.39, 0.29) is 5.91 Å². The molecule has 0 unspecified atom stereocenters. The van der Waals surface area contributed by atoms with Crippen molar-refractivity contribution in [1.82, 2.24) is 20.3 Å². The predicted octanol–water partition coefficient (Wildman–Crippen LogP) is 1.43. The van der Waals surface area contributed by atoms with Crippen molar-refractivity contribution in [2.75, 3.05) is 46.9 Å². The largest absolute Gasteiger partial charge is 0.493 e. The monoisotopic (exact) mass is 388 g/mol. The standard InChI is InChI=1S/C20H28N4O4/c1-15-10-17(28-22-15)13-23-6-8-24(9-7-23)14-20(25)21-12-16-4-5-18(26-2)19(11-16)27-3/h4-5,10-11H,6-9,12-14H2,1-3H3,(H,21,25). The first-order chi connectivity index (χ1) is 13.6. The number of hydrogen-bond donors (Lipinski definition) is 1. The second kappa shape index (κ2) is 9.57. The zero-order valence-corrected chi connectivity index (χ0v) is 16.7. The highest BCUT2D eigenvalue weighted by molar-refractivity contribution is 5.78. The van der Waals surface area contributed by atoms with Crippen LogP contribution in [0.1, 0.15) is 17.0 Å². The molecular weight excluding hydrogens is 360 g/mol. The molecule has 1 aliphatic heterocycles. The number of methoxy groups -OCH3 is 2. The van der Waals surface area contributed by atoms with E-state index in [1.54, 1.807) is 14.2 Å². The number of rotatable bonds is 8. The molecule has 0 aliphatic carbocycles. The van der Waals surface area contributed by atoms with E-state index in [2.05, 4.69) is 20.3 Å². The highest BCUT2D eigenvalue weighted by atomic mass is 16.5. The first-order valence-electron chi connectivity index (χ1n) is 9.42. The molecule has 0 atom stereocenters. The average Bonchev–Trinajstić information content (AvgIpc) is 3.12. The lowest BCUT2D eigenvalue weighted by atomic mass is 10.2. The Labute approximate surface area is 165 Å². The predicted molar refractivity (Wildman–Crippen MR) is 104 cm³/mol. The third-order valence-corrected chi connectivity index (χ3v) is 4.83. The summed E-state index contributed by atoms with van der Waals surface area (Å²) in [6.07, 6.45) is 0. The summed E-state index contributed by atoms with van der Waals surface area (Å²) in [4.78, 5) is 16.8. The number of ether oxygens (including phenoxy) is 2. The highest BCUT2D eigenvalue weighted by Gasteiger charge is 2.20. The first-order valence-corrected chi connectivity index (χ1v) is 9.42. The van der Waals surface area contributed by atoms with Gasteiger partial charge >= 0.3 is 0 Å². The minimum Gasteiger partial charge on any atom is -0.493 e. The average molecular weight is 388 g/mol. The molecule has 2 heterocycles. The molecular formula is C20H28N4O4. The van der Waals surface area contributed by atoms with Gasteiger partial charge in [-0.15, -0.1) is 0 Å². The fourth-order valence-corrected chi connectivity index (χ4v) is 3.27. The molecule has 1 aromatic carbocycles. The van der Waals surface area contributed by atoms with Crippen LogP contribution in [-0.4, -0.2) is 67.8 Å². The molecule has 1 aliphatic rings. The van der Waals surface area contributed by atoms with Crippen LogP contribution in [-0.2, 0) is 17.9 Å². The topological polar surface area (TPSA) is 80.1 Å². The van der Waals surface area contributed by atoms with Gasteiger partial charge in [0, 0.05) is 38.8 Å². The number of benzene rings is 1. The molecule has 3 rings (SSSR count). The van der Waals surface area contributed by atoms with E-state index < -0.39 is 0 Å². The van der Waals surface area contributed by atoms with Crippen molar-refractivity contribution in [2.45, 2.75) is 20.0 Å². The van der Waals surface area contributed by atoms with Crippen molar-refractivity contribution in [3.05, 3.63) is 41.3 Å². The van der Waals surface area contributed by atoms with Gasteiger partial charge in [0.15, 0.2) is 17.3 Å². The van der Waals surface area contributed by atoms with E-state index in [0.29, 0.717) is 24.6 Å². The summed E-state index contributed by atoms with van der Waals surface area (Å²) in [5, 5.41) is 6.90. The molecule has 1 N–H and O–H groups in total. The number of aromatic nitrogens is 1. The van der Waals surface area contributed by atoms with E-state index in [1.165, 1.54) is 0 Å². The maximum absolute atomic E-state index is 12.3. The number of nitrogens with one attached hydrogen (secondary N) is 1. The second-order valence-corrected chi connectivity index (χ2v) is 6.95. The zero-order valence-electron chi connectivity index (χ0n) is 16.7. The number of carbonyl (C=O) groups is 1. The lowest BCUT2D eigenvalue weighted by molar-refractivity contribution is -0.122. The van der Waals surface area contributed by atoms with E-state index in [4.69, 9.17) is 14.0 Å². The number of nitrogens with zero attached hydrogens (tertiary/aromatic N) is 3. The van der Waals surface area contributed by atoms with Gasteiger partial charge in [-0.2, -0.15) is 0 Å². The Hall–Kier alpha value is -2.58. The minimum atomic E-state index is 0.0223. The summed E-state index contributed by atoms with van der Waals surface area (Å²) in [6, 6.07) is 7.61. The van der Waals surface area contributed by atoms with E-state index in [0.717, 1.165) is 49.7 Å². The molecule has 0 spiro atoms. The van der Waals surface area contributed by atoms with Crippen LogP contribution in [0.25, 0.3) is 0 Å². The third kappa shape index (κ3) is 5.46. The van der Waals surface area contributed by atoms with Crippen molar-refractivity contribution in [2.24, 2.45) is 0 Å². The van der Waals surface area contributed by atoms with Crippen molar-refractivity contribution in [1.29, 1.82) is 0 Å². The maximum atomic E-state index is 12.3. The number of piperazine rings is 1. The number of aryl methyl sites for hydroxylation is 1. The SMILES string of the molecule is COc1ccc(CNC(=O)CN2CCN(Cc3cc(C)no3)CC2)cc1OC. The molecule has 1 amide bonds. The Bertz CT molecular complexity index is 784. The van der Waals surface area contributed by atoms with Crippen molar-refractivity contribution >= 4 is 5.91 Å². The fraction of sp³-hybridized carbons (Fsp3) is 0.500. The smallest absolute Gasteiger partial charge is 0.234 e. The highest BCUT2D eigenvalue weighted by Crippen LogP contribution is 2.27. The lowest BCUT2D eigenvalue weighted by Crippen LogP contribution is -2.49. The normalized spacial score (nSPS) is 15.4. The minimum absolute atomic E-state index is 0.0223. The molecule has 1 saturated heterocycles. The quantitative estimate of drug-likeness (QED) is 0.733. The Morgan fingerprint density at radius 1 is 1.11 bits per heavy atom. The Kier molecular flexibility index (Phi) is 6.89. The summed E-state index contributed by atoms with van der Waals surface area (Å²) in [6.45, 7) is 7.08. The molecule has 0 bridgehead atoms. The maximum Gasteiger partial charge on any atom is 0.234 e. The Morgan fingerprint density at radius 3 is 2.46 bits per heavy atom. The van der Waals surface area contributed by atoms with Gasteiger partial charge in [-0.05, 0) is 24.6 Å². The summed E-state index contributed by atoms with van der Waals surface area (Å²) in [7, 11) is 3.20. The molecule has 8 heteroatoms. The third-order valence-electron chi connectivity index (χ3n) is 4.83. The molecule has 28 heavy (non-hydrogen) atoms. The van der Waals surface area contributed by atoms with Crippen LogP contribution in [0.15, 0.2) is 28.8 Å². The van der Waals surface area contributed by atoms with Crippen LogP contribution in [0.3, 0.4) is 0 Å². The number of carbonyl (C=O) groups excluding carboxylic acids is 1. The van der Waals surface area contributed by atoms with Crippen LogP contribution in [0.5, 0.6) is 11.5 Å². The molecule has 1 fully saturated rings. The van der Waals surface area contributed by atoms with E-state index >= 15 is 0 Å². The van der Waals surface area contributed by atoms with Gasteiger partial charge < -0.3 is 19.3 Å². The van der Waals surface area contributed by atoms with Gasteiger partial charge in [-0.1, -0.05) is 11.2 Å². The Balaban J connectivity index is 1.40. The summed E-state index contributed by atoms with van der Waals surface area (Å²) in [5.74, 6) is 2.25. The summed E-state index contributed by atoms with van der Waals surface area (Å²) in [5.41, 5.74) is 1.87. The summed E-state index contributed by atoms with van der Waals surface area (Å²) >= 11 is 0. The molecule has 0 radical (unpaired) electrons. The molecule has 0 saturated carbocycles. The van der Waals surface area contributed by atoms with Crippen molar-refractivity contribution in [3.63, 3.8) is 0 Å². The van der Waals surface area contributed by atoms with Crippen molar-refractivity contribution < 1.29 is 18.8 Å². The van der Waals surface area contributed by atoms with Gasteiger partial charge in [0.05, 0.1) is 33.0 Å². The van der Waals surface area contributed by atoms with E-state index in [9.17, 15) is 4.79 Å². The molecule has 2 aromatic rings. The number of hydrogen-bond acceptors (Lipinski definition) is 7. The van der Waals surface area contributed by atoms with Crippen molar-refractivity contribution in [3.8, 4) is 11.5 Å². The lowest BCUT2D eigenvalue weighted by Gasteiger charge is -2.33. The molecule has 1 aromatic heterocycles. The Morgan fingerprint density at radius 2 is 1.82 bits per heavy atom. The van der Waals surface area contributed by atoms with E-state index in [1.807, 2.05) is 31.2 Å². The first kappa shape index (κ1) is 20.2. The van der Waals surface area contributed by atoms with Gasteiger partial charge in [0.25, 0.3) is 0 Å². The zero-order chi connectivity index (χ0) is 19.9. The van der Waals surface area contributed by atoms with Gasteiger partial charge in [-0.3, -0.25) is 14.6 Å². The molecule has 152 valence electrons.